The third kappa shape index (κ3) is 19.0. The van der Waals surface area contributed by atoms with Gasteiger partial charge in [-0.1, -0.05) is 96.1 Å². The van der Waals surface area contributed by atoms with Gasteiger partial charge in [0.2, 0.25) is 17.7 Å². The van der Waals surface area contributed by atoms with E-state index in [9.17, 15) is 44.1 Å². The number of benzene rings is 6. The number of aromatic nitrogens is 3. The van der Waals surface area contributed by atoms with Crippen LogP contribution in [0.25, 0.3) is 32.7 Å². The van der Waals surface area contributed by atoms with Crippen LogP contribution >= 0.6 is 0 Å². The second kappa shape index (κ2) is 34.6. The van der Waals surface area contributed by atoms with Crippen molar-refractivity contribution in [3.05, 3.63) is 195 Å². The van der Waals surface area contributed by atoms with E-state index in [0.717, 1.165) is 95.2 Å². The molecule has 6 aliphatic heterocycles. The number of aromatic amines is 3. The maximum absolute atomic E-state index is 10.5. The van der Waals surface area contributed by atoms with Crippen molar-refractivity contribution < 1.29 is 74.2 Å². The van der Waals surface area contributed by atoms with Crippen molar-refractivity contribution in [3.63, 3.8) is 0 Å². The minimum Gasteiger partial charge on any atom is -0.548 e. The standard InChI is InChI=1S/3C19H18N2O.3C8H15NO3/c3*1-2-4-16-14(3-1)15-7-9-20-18(19(15)21-16)13-5-6-17-12(11-13)8-10-22-17;3*1-5(2)4-7(8(11)12)9-6(3)10/h3*1-6,11,18,20-21H,7-10H2;3*5,7H,4H2,1-3H3,(H,9,10)(H,11,12)/t2*18-;;3*7-/m10.000/s1. The van der Waals surface area contributed by atoms with Crippen LogP contribution in [0.5, 0.6) is 17.2 Å². The molecule has 102 heavy (non-hydrogen) atoms. The van der Waals surface area contributed by atoms with Gasteiger partial charge in [0.1, 0.15) is 17.2 Å². The van der Waals surface area contributed by atoms with Crippen LogP contribution in [0.15, 0.2) is 127 Å². The number of carbonyl (C=O) groups is 6. The van der Waals surface area contributed by atoms with Gasteiger partial charge >= 0.3 is 0 Å². The van der Waals surface area contributed by atoms with Crippen molar-refractivity contribution >= 4 is 68.3 Å². The number of carboxylic acids is 3. The summed E-state index contributed by atoms with van der Waals surface area (Å²) in [6.45, 7) is 21.1. The number of carboxylic acid groups (broad SMARTS) is 3. The molecular formula is C81H99N9O12. The van der Waals surface area contributed by atoms with E-state index in [1.165, 1.54) is 121 Å². The van der Waals surface area contributed by atoms with Crippen molar-refractivity contribution in [2.45, 2.75) is 156 Å². The highest BCUT2D eigenvalue weighted by Crippen LogP contribution is 2.37. The summed E-state index contributed by atoms with van der Waals surface area (Å²) < 4.78 is 16.9. The van der Waals surface area contributed by atoms with Crippen molar-refractivity contribution in [2.75, 3.05) is 39.5 Å². The highest BCUT2D eigenvalue weighted by atomic mass is 16.5. The van der Waals surface area contributed by atoms with E-state index in [4.69, 9.17) is 14.2 Å². The molecule has 6 aromatic carbocycles. The Kier molecular flexibility index (Phi) is 25.4. The van der Waals surface area contributed by atoms with Gasteiger partial charge in [-0.05, 0) is 143 Å². The summed E-state index contributed by atoms with van der Waals surface area (Å²) in [6, 6.07) is 44.7. The molecule has 12 N–H and O–H groups in total. The number of nitrogens with one attached hydrogen (secondary N) is 6. The van der Waals surface area contributed by atoms with Crippen LogP contribution in [-0.4, -0.2) is 108 Å². The normalized spacial score (nSPS) is 17.2. The summed E-state index contributed by atoms with van der Waals surface area (Å²) in [5.41, 5.74) is 20.7. The smallest absolute Gasteiger partial charge is 0.217 e. The summed E-state index contributed by atoms with van der Waals surface area (Å²) in [5.74, 6) is -0.834. The van der Waals surface area contributed by atoms with Crippen molar-refractivity contribution in [2.24, 2.45) is 17.8 Å². The molecule has 9 aromatic rings. The zero-order chi connectivity index (χ0) is 72.7. The van der Waals surface area contributed by atoms with Crippen molar-refractivity contribution in [1.82, 2.24) is 30.9 Å². The quantitative estimate of drug-likeness (QED) is 0.0669. The van der Waals surface area contributed by atoms with Crippen LogP contribution in [0, 0.1) is 17.8 Å². The predicted molar refractivity (Wildman–Crippen MR) is 385 cm³/mol. The molecule has 3 amide bonds. The second-order valence-electron chi connectivity index (χ2n) is 28.4. The molecule has 0 spiro atoms. The summed E-state index contributed by atoms with van der Waals surface area (Å²) in [7, 11) is 0. The molecule has 6 aliphatic rings. The minimum atomic E-state index is -1.22. The first-order valence-corrected chi connectivity index (χ1v) is 36.0. The molecule has 1 unspecified atom stereocenters. The molecule has 15 rings (SSSR count). The molecule has 21 heteroatoms. The van der Waals surface area contributed by atoms with Crippen molar-refractivity contribution in [1.29, 1.82) is 0 Å². The number of rotatable bonds is 15. The number of ether oxygens (including phenoxy) is 3. The van der Waals surface area contributed by atoms with E-state index in [2.05, 4.69) is 174 Å². The zero-order valence-corrected chi connectivity index (χ0v) is 60.1. The number of nitrogens with two attached hydrogens (primary N) is 3. The average molecular weight is 1390 g/mol. The maximum Gasteiger partial charge on any atom is 0.217 e. The summed E-state index contributed by atoms with van der Waals surface area (Å²) in [5, 5.41) is 49.8. The molecule has 9 heterocycles. The summed E-state index contributed by atoms with van der Waals surface area (Å²) >= 11 is 0. The van der Waals surface area contributed by atoms with Crippen LogP contribution < -0.4 is 61.4 Å². The lowest BCUT2D eigenvalue weighted by Gasteiger charge is -2.22. The van der Waals surface area contributed by atoms with E-state index in [1.807, 2.05) is 41.5 Å². The second-order valence-corrected chi connectivity index (χ2v) is 28.4. The topological polar surface area (TPSA) is 333 Å². The lowest BCUT2D eigenvalue weighted by molar-refractivity contribution is -0.690. The van der Waals surface area contributed by atoms with Gasteiger partial charge in [-0.25, -0.2) is 0 Å². The fraction of sp³-hybridized carbons (Fsp3) is 0.407. The van der Waals surface area contributed by atoms with Gasteiger partial charge < -0.3 is 90.8 Å². The van der Waals surface area contributed by atoms with E-state index < -0.39 is 36.0 Å². The molecule has 0 saturated heterocycles. The van der Waals surface area contributed by atoms with E-state index in [-0.39, 0.29) is 35.5 Å². The molecule has 0 aliphatic carbocycles. The first-order valence-electron chi connectivity index (χ1n) is 36.0. The summed E-state index contributed by atoms with van der Waals surface area (Å²) in [6.07, 6.45) is 7.75. The van der Waals surface area contributed by atoms with Crippen LogP contribution in [0.1, 0.15) is 167 Å². The predicted octanol–water partition coefficient (Wildman–Crippen LogP) is 4.80. The van der Waals surface area contributed by atoms with Gasteiger partial charge in [-0.15, -0.1) is 0 Å². The number of para-hydroxylation sites is 3. The molecule has 6 atom stereocenters. The molecule has 0 bridgehead atoms. The van der Waals surface area contributed by atoms with E-state index in [1.54, 1.807) is 0 Å². The molecule has 540 valence electrons. The van der Waals surface area contributed by atoms with Crippen molar-refractivity contribution in [3.8, 4) is 17.2 Å². The van der Waals surface area contributed by atoms with Gasteiger partial charge in [-0.3, -0.25) is 14.4 Å². The molecule has 0 radical (unpaired) electrons. The number of quaternary nitrogens is 3. The minimum absolute atomic E-state index is 0.222. The lowest BCUT2D eigenvalue weighted by Crippen LogP contribution is -2.87. The van der Waals surface area contributed by atoms with Gasteiger partial charge in [0.15, 0.2) is 18.1 Å². The molecule has 0 fully saturated rings. The van der Waals surface area contributed by atoms with Crippen LogP contribution in [0.4, 0.5) is 0 Å². The Hall–Kier alpha value is -9.96. The Bertz CT molecular complexity index is 3990. The third-order valence-corrected chi connectivity index (χ3v) is 19.2. The van der Waals surface area contributed by atoms with Gasteiger partial charge in [-0.2, -0.15) is 0 Å². The third-order valence-electron chi connectivity index (χ3n) is 19.2. The first kappa shape index (κ1) is 74.7. The number of hydrogen-bond acceptors (Lipinski definition) is 12. The largest absolute Gasteiger partial charge is 0.548 e. The SMILES string of the molecule is CC(=O)N[C@@H](CC(C)C)C(=O)[O-].CC(=O)N[C@@H](CC(C)C)C(=O)[O-].CC(=O)N[C@@H](CC(C)C)C(=O)[O-].c1ccc2c3c([nH]c2c1)C(c1ccc2c(c1)CCO2)[NH2+]CC3.c1ccc2c3c([nH]c2c1)[C@@H](c1ccc2c(c1)CCO2)[NH2+]CC3.c1ccc2c3c([nH]c2c1)[C@H](c1ccc2c(c1)CCO2)[NH2+]CC3. The van der Waals surface area contributed by atoms with Crippen LogP contribution in [-0.2, 0) is 67.3 Å². The molecular weight excluding hydrogens is 1290 g/mol. The number of aliphatic carboxylic acids is 3. The number of amides is 3. The lowest BCUT2D eigenvalue weighted by atomic mass is 9.93. The molecule has 3 aromatic heterocycles. The molecule has 21 nitrogen and oxygen atoms in total. The Balaban J connectivity index is 0.000000135. The van der Waals surface area contributed by atoms with Crippen LogP contribution in [0.3, 0.4) is 0 Å². The number of hydrogen-bond donors (Lipinski definition) is 9. The Morgan fingerprint density at radius 2 is 0.667 bits per heavy atom. The van der Waals surface area contributed by atoms with Crippen LogP contribution in [0.2, 0.25) is 0 Å². The monoisotopic (exact) mass is 1390 g/mol. The number of fused-ring (bicyclic) bond motifs is 12. The average Bonchev–Trinajstić information content (AvgIpc) is 1.62. The fourth-order valence-corrected chi connectivity index (χ4v) is 14.7. The Morgan fingerprint density at radius 3 is 0.912 bits per heavy atom. The van der Waals surface area contributed by atoms with E-state index in [0.29, 0.717) is 37.4 Å². The fourth-order valence-electron chi connectivity index (χ4n) is 14.7. The highest BCUT2D eigenvalue weighted by molar-refractivity contribution is 5.88. The summed E-state index contributed by atoms with van der Waals surface area (Å²) in [4.78, 5) is 74.0. The number of carbonyl (C=O) groups excluding carboxylic acids is 6. The molecule has 0 saturated carbocycles. The highest BCUT2D eigenvalue weighted by Gasteiger charge is 2.33. The number of H-pyrrole nitrogens is 3. The van der Waals surface area contributed by atoms with E-state index >= 15 is 0 Å². The van der Waals surface area contributed by atoms with Gasteiger partial charge in [0.25, 0.3) is 0 Å². The Morgan fingerprint density at radius 1 is 0.402 bits per heavy atom. The Labute approximate surface area is 596 Å². The maximum atomic E-state index is 10.5. The first-order chi connectivity index (χ1) is 49.0. The zero-order valence-electron chi connectivity index (χ0n) is 60.1. The van der Waals surface area contributed by atoms with Gasteiger partial charge in [0, 0.05) is 109 Å². The van der Waals surface area contributed by atoms with Gasteiger partial charge in [0.05, 0.1) is 92.6 Å².